The highest BCUT2D eigenvalue weighted by atomic mass is 16.5. The molecule has 0 aliphatic carbocycles. The van der Waals surface area contributed by atoms with Gasteiger partial charge in [0.05, 0.1) is 24.3 Å². The number of pyridine rings is 1. The van der Waals surface area contributed by atoms with Gasteiger partial charge >= 0.3 is 0 Å². The number of aryl methyl sites for hydroxylation is 2. The fraction of sp³-hybridized carbons (Fsp3) is 0.500. The molecule has 2 heterocycles. The highest BCUT2D eigenvalue weighted by molar-refractivity contribution is 5.77. The Morgan fingerprint density at radius 1 is 1.25 bits per heavy atom. The summed E-state index contributed by atoms with van der Waals surface area (Å²) >= 11 is 0. The van der Waals surface area contributed by atoms with Gasteiger partial charge in [-0.2, -0.15) is 5.26 Å². The van der Waals surface area contributed by atoms with Gasteiger partial charge in [0, 0.05) is 38.3 Å². The van der Waals surface area contributed by atoms with Gasteiger partial charge in [0.1, 0.15) is 11.9 Å². The minimum absolute atomic E-state index is 0.0448. The van der Waals surface area contributed by atoms with Crippen molar-refractivity contribution in [3.8, 4) is 17.2 Å². The van der Waals surface area contributed by atoms with Crippen molar-refractivity contribution in [1.29, 1.82) is 5.26 Å². The van der Waals surface area contributed by atoms with Crippen LogP contribution in [-0.2, 0) is 9.53 Å². The number of amides is 1. The lowest BCUT2D eigenvalue weighted by molar-refractivity contribution is -0.134. The van der Waals surface area contributed by atoms with Crippen molar-refractivity contribution >= 4 is 11.7 Å². The number of hydrogen-bond donors (Lipinski definition) is 0. The molecule has 1 aliphatic heterocycles. The highest BCUT2D eigenvalue weighted by Gasteiger charge is 2.29. The summed E-state index contributed by atoms with van der Waals surface area (Å²) in [5.41, 5.74) is 6.15. The maximum atomic E-state index is 12.5. The third-order valence-electron chi connectivity index (χ3n) is 6.28. The molecular formula is C26H34N4O2. The summed E-state index contributed by atoms with van der Waals surface area (Å²) in [6.45, 7) is 12.9. The number of ether oxygens (including phenoxy) is 1. The molecule has 3 rings (SSSR count). The smallest absolute Gasteiger partial charge is 0.225 e. The summed E-state index contributed by atoms with van der Waals surface area (Å²) < 4.78 is 5.05. The summed E-state index contributed by atoms with van der Waals surface area (Å²) in [5.74, 6) is 1.05. The van der Waals surface area contributed by atoms with Gasteiger partial charge in [0.2, 0.25) is 5.91 Å². The molecule has 1 aromatic heterocycles. The fourth-order valence-corrected chi connectivity index (χ4v) is 4.27. The molecule has 170 valence electrons. The molecule has 1 aromatic carbocycles. The summed E-state index contributed by atoms with van der Waals surface area (Å²) in [6, 6.07) is 10.8. The monoisotopic (exact) mass is 434 g/mol. The van der Waals surface area contributed by atoms with Crippen molar-refractivity contribution in [2.75, 3.05) is 38.3 Å². The van der Waals surface area contributed by atoms with Gasteiger partial charge in [0.25, 0.3) is 0 Å². The van der Waals surface area contributed by atoms with E-state index in [1.165, 1.54) is 11.1 Å². The van der Waals surface area contributed by atoms with E-state index in [4.69, 9.17) is 9.72 Å². The lowest BCUT2D eigenvalue weighted by Gasteiger charge is -2.41. The Kier molecular flexibility index (Phi) is 7.52. The summed E-state index contributed by atoms with van der Waals surface area (Å²) in [6.07, 6.45) is 0.394. The molecule has 0 spiro atoms. The zero-order chi connectivity index (χ0) is 23.4. The number of carbonyl (C=O) groups is 1. The quantitative estimate of drug-likeness (QED) is 0.672. The SMILES string of the molecule is COCCC(=O)N1CCN(c2nc(C(C)C)c(-c3ccc(C)c(C)c3)cc2C#N)CC1C. The van der Waals surface area contributed by atoms with Crippen molar-refractivity contribution in [3.63, 3.8) is 0 Å². The zero-order valence-electron chi connectivity index (χ0n) is 20.1. The van der Waals surface area contributed by atoms with E-state index in [0.717, 1.165) is 22.6 Å². The summed E-state index contributed by atoms with van der Waals surface area (Å²) in [7, 11) is 1.61. The van der Waals surface area contributed by atoms with Crippen LogP contribution in [0.3, 0.4) is 0 Å². The molecule has 32 heavy (non-hydrogen) atoms. The van der Waals surface area contributed by atoms with Gasteiger partial charge in [-0.3, -0.25) is 4.79 Å². The van der Waals surface area contributed by atoms with E-state index >= 15 is 0 Å². The number of nitriles is 1. The van der Waals surface area contributed by atoms with Crippen LogP contribution in [0, 0.1) is 25.2 Å². The van der Waals surface area contributed by atoms with Crippen molar-refractivity contribution < 1.29 is 9.53 Å². The molecule has 1 amide bonds. The maximum Gasteiger partial charge on any atom is 0.225 e. The van der Waals surface area contributed by atoms with Crippen LogP contribution in [0.2, 0.25) is 0 Å². The van der Waals surface area contributed by atoms with Gasteiger partial charge in [-0.25, -0.2) is 4.98 Å². The predicted octanol–water partition coefficient (Wildman–Crippen LogP) is 4.43. The summed E-state index contributed by atoms with van der Waals surface area (Å²) in [5, 5.41) is 9.96. The fourth-order valence-electron chi connectivity index (χ4n) is 4.27. The van der Waals surface area contributed by atoms with Crippen molar-refractivity contribution in [2.45, 2.75) is 53.0 Å². The van der Waals surface area contributed by atoms with E-state index in [0.29, 0.717) is 38.2 Å². The second-order valence-electron chi connectivity index (χ2n) is 8.98. The van der Waals surface area contributed by atoms with Crippen molar-refractivity contribution in [3.05, 3.63) is 46.6 Å². The Labute approximate surface area is 191 Å². The third kappa shape index (κ3) is 4.94. The van der Waals surface area contributed by atoms with Gasteiger partial charge in [-0.15, -0.1) is 0 Å². The Hall–Kier alpha value is -2.91. The first-order valence-electron chi connectivity index (χ1n) is 11.3. The third-order valence-corrected chi connectivity index (χ3v) is 6.28. The molecule has 1 fully saturated rings. The molecule has 0 radical (unpaired) electrons. The highest BCUT2D eigenvalue weighted by Crippen LogP contribution is 2.34. The number of aromatic nitrogens is 1. The first-order valence-corrected chi connectivity index (χ1v) is 11.3. The Morgan fingerprint density at radius 3 is 2.59 bits per heavy atom. The minimum atomic E-state index is 0.0448. The molecule has 0 bridgehead atoms. The molecule has 1 aliphatic rings. The average molecular weight is 435 g/mol. The van der Waals surface area contributed by atoms with Gasteiger partial charge in [-0.05, 0) is 49.4 Å². The molecule has 0 N–H and O–H groups in total. The van der Waals surface area contributed by atoms with Crippen LogP contribution < -0.4 is 4.90 Å². The lowest BCUT2D eigenvalue weighted by Crippen LogP contribution is -2.54. The largest absolute Gasteiger partial charge is 0.384 e. The number of hydrogen-bond acceptors (Lipinski definition) is 5. The van der Waals surface area contributed by atoms with Crippen molar-refractivity contribution in [2.24, 2.45) is 0 Å². The van der Waals surface area contributed by atoms with E-state index in [-0.39, 0.29) is 17.9 Å². The molecule has 2 aromatic rings. The van der Waals surface area contributed by atoms with E-state index in [2.05, 4.69) is 63.8 Å². The molecule has 6 nitrogen and oxygen atoms in total. The number of rotatable bonds is 6. The number of nitrogens with zero attached hydrogens (tertiary/aromatic N) is 4. The number of piperazine rings is 1. The van der Waals surface area contributed by atoms with Crippen LogP contribution in [0.25, 0.3) is 11.1 Å². The van der Waals surface area contributed by atoms with Gasteiger partial charge in [0.15, 0.2) is 0 Å². The van der Waals surface area contributed by atoms with E-state index < -0.39 is 0 Å². The minimum Gasteiger partial charge on any atom is -0.384 e. The number of methoxy groups -OCH3 is 1. The molecular weight excluding hydrogens is 400 g/mol. The van der Waals surface area contributed by atoms with Crippen LogP contribution in [0.4, 0.5) is 5.82 Å². The van der Waals surface area contributed by atoms with Crippen LogP contribution >= 0.6 is 0 Å². The number of carbonyl (C=O) groups excluding carboxylic acids is 1. The second kappa shape index (κ2) is 10.1. The Balaban J connectivity index is 1.94. The Morgan fingerprint density at radius 2 is 2.00 bits per heavy atom. The van der Waals surface area contributed by atoms with Gasteiger partial charge in [-0.1, -0.05) is 32.0 Å². The van der Waals surface area contributed by atoms with E-state index in [9.17, 15) is 10.1 Å². The maximum absolute atomic E-state index is 12.5. The molecule has 1 atom stereocenters. The van der Waals surface area contributed by atoms with Crippen LogP contribution in [-0.4, -0.2) is 55.2 Å². The average Bonchev–Trinajstić information content (AvgIpc) is 2.78. The van der Waals surface area contributed by atoms with E-state index in [1.807, 2.05) is 11.0 Å². The molecule has 1 unspecified atom stereocenters. The van der Waals surface area contributed by atoms with E-state index in [1.54, 1.807) is 7.11 Å². The first kappa shape index (κ1) is 23.7. The summed E-state index contributed by atoms with van der Waals surface area (Å²) in [4.78, 5) is 21.6. The van der Waals surface area contributed by atoms with Crippen LogP contribution in [0.5, 0.6) is 0 Å². The normalized spacial score (nSPS) is 16.4. The molecule has 0 saturated carbocycles. The van der Waals surface area contributed by atoms with Crippen molar-refractivity contribution in [1.82, 2.24) is 9.88 Å². The second-order valence-corrected chi connectivity index (χ2v) is 8.98. The lowest BCUT2D eigenvalue weighted by atomic mass is 9.93. The molecule has 1 saturated heterocycles. The standard InChI is InChI=1S/C26H34N4O2/c1-17(2)25-23(21-8-7-18(3)19(4)13-21)14-22(15-27)26(28-25)29-10-11-30(20(5)16-29)24(31)9-12-32-6/h7-8,13-14,17,20H,9-12,16H2,1-6H3. The topological polar surface area (TPSA) is 69.5 Å². The van der Waals surface area contributed by atoms with Crippen LogP contribution in [0.15, 0.2) is 24.3 Å². The zero-order valence-corrected chi connectivity index (χ0v) is 20.1. The van der Waals surface area contributed by atoms with Gasteiger partial charge < -0.3 is 14.5 Å². The Bertz CT molecular complexity index is 1030. The predicted molar refractivity (Wildman–Crippen MR) is 128 cm³/mol. The number of benzene rings is 1. The first-order chi connectivity index (χ1) is 15.3. The molecule has 6 heteroatoms. The number of anilines is 1. The van der Waals surface area contributed by atoms with Crippen LogP contribution in [0.1, 0.15) is 55.5 Å².